The van der Waals surface area contributed by atoms with Gasteiger partial charge in [-0.25, -0.2) is 4.98 Å². The quantitative estimate of drug-likeness (QED) is 0.780. The summed E-state index contributed by atoms with van der Waals surface area (Å²) in [5, 5.41) is 14.4. The normalized spacial score (nSPS) is 18.6. The minimum Gasteiger partial charge on any atom is -0.383 e. The number of rotatable bonds is 5. The zero-order chi connectivity index (χ0) is 12.9. The van der Waals surface area contributed by atoms with Gasteiger partial charge in [-0.2, -0.15) is 5.10 Å². The summed E-state index contributed by atoms with van der Waals surface area (Å²) in [5.74, 6) is 0. The van der Waals surface area contributed by atoms with Crippen LogP contribution in [0, 0.1) is 0 Å². The molecule has 0 radical (unpaired) electrons. The van der Waals surface area contributed by atoms with Crippen molar-refractivity contribution in [2.75, 3.05) is 18.4 Å². The molecule has 1 aromatic heterocycles. The molecule has 1 saturated heterocycles. The standard InChI is InChI=1S/C13H17N5S/c1-2-11(14-7-1)8-15-10-3-5-12(6-4-10)19-13-16-9-17-18-13/h3-6,9,11,14-15H,1-2,7-8H2,(H,16,17,18). The Hall–Kier alpha value is -1.53. The zero-order valence-electron chi connectivity index (χ0n) is 10.6. The van der Waals surface area contributed by atoms with Gasteiger partial charge in [-0.05, 0) is 43.7 Å². The molecule has 1 atom stereocenters. The maximum absolute atomic E-state index is 4.09. The Morgan fingerprint density at radius 3 is 2.89 bits per heavy atom. The van der Waals surface area contributed by atoms with Gasteiger partial charge >= 0.3 is 0 Å². The maximum atomic E-state index is 4.09. The first-order valence-electron chi connectivity index (χ1n) is 6.51. The number of benzene rings is 1. The van der Waals surface area contributed by atoms with E-state index in [9.17, 15) is 0 Å². The third kappa shape index (κ3) is 3.48. The average Bonchev–Trinajstić information content (AvgIpc) is 3.11. The van der Waals surface area contributed by atoms with Crippen molar-refractivity contribution in [3.05, 3.63) is 30.6 Å². The lowest BCUT2D eigenvalue weighted by atomic mass is 10.2. The molecule has 0 amide bonds. The molecule has 5 nitrogen and oxygen atoms in total. The van der Waals surface area contributed by atoms with Crippen molar-refractivity contribution in [1.29, 1.82) is 0 Å². The average molecular weight is 275 g/mol. The highest BCUT2D eigenvalue weighted by atomic mass is 32.2. The Balaban J connectivity index is 1.53. The van der Waals surface area contributed by atoms with Gasteiger partial charge < -0.3 is 10.6 Å². The molecule has 0 aliphatic carbocycles. The van der Waals surface area contributed by atoms with Crippen LogP contribution in [0.2, 0.25) is 0 Å². The number of hydrogen-bond donors (Lipinski definition) is 3. The van der Waals surface area contributed by atoms with Crippen LogP contribution in [0.3, 0.4) is 0 Å². The molecule has 0 saturated carbocycles. The first-order valence-corrected chi connectivity index (χ1v) is 7.32. The maximum Gasteiger partial charge on any atom is 0.188 e. The zero-order valence-corrected chi connectivity index (χ0v) is 11.4. The lowest BCUT2D eigenvalue weighted by molar-refractivity contribution is 0.633. The predicted molar refractivity (Wildman–Crippen MR) is 76.5 cm³/mol. The lowest BCUT2D eigenvalue weighted by Gasteiger charge is -2.12. The van der Waals surface area contributed by atoms with Crippen molar-refractivity contribution in [2.24, 2.45) is 0 Å². The Kier molecular flexibility index (Phi) is 4.00. The van der Waals surface area contributed by atoms with Crippen LogP contribution >= 0.6 is 11.8 Å². The van der Waals surface area contributed by atoms with E-state index < -0.39 is 0 Å². The van der Waals surface area contributed by atoms with Gasteiger partial charge in [0.25, 0.3) is 0 Å². The summed E-state index contributed by atoms with van der Waals surface area (Å²) in [5.41, 5.74) is 1.16. The van der Waals surface area contributed by atoms with Crippen molar-refractivity contribution in [2.45, 2.75) is 28.9 Å². The summed E-state index contributed by atoms with van der Waals surface area (Å²) in [6.07, 6.45) is 4.08. The van der Waals surface area contributed by atoms with E-state index >= 15 is 0 Å². The van der Waals surface area contributed by atoms with E-state index in [4.69, 9.17) is 0 Å². The summed E-state index contributed by atoms with van der Waals surface area (Å²) in [6, 6.07) is 9.01. The van der Waals surface area contributed by atoms with Crippen molar-refractivity contribution in [3.63, 3.8) is 0 Å². The van der Waals surface area contributed by atoms with Gasteiger partial charge in [0.15, 0.2) is 5.16 Å². The fraction of sp³-hybridized carbons (Fsp3) is 0.385. The number of nitrogens with one attached hydrogen (secondary N) is 3. The molecule has 2 heterocycles. The number of H-pyrrole nitrogens is 1. The van der Waals surface area contributed by atoms with Gasteiger partial charge in [0, 0.05) is 23.2 Å². The van der Waals surface area contributed by atoms with Crippen LogP contribution in [0.25, 0.3) is 0 Å². The molecule has 3 N–H and O–H groups in total. The minimum atomic E-state index is 0.614. The van der Waals surface area contributed by atoms with Crippen molar-refractivity contribution in [1.82, 2.24) is 20.5 Å². The van der Waals surface area contributed by atoms with E-state index in [0.717, 1.165) is 28.8 Å². The monoisotopic (exact) mass is 275 g/mol. The SMILES string of the molecule is c1n[nH]c(Sc2ccc(NCC3CCCN3)cc2)n1. The second-order valence-electron chi connectivity index (χ2n) is 4.59. The second-order valence-corrected chi connectivity index (χ2v) is 5.65. The Morgan fingerprint density at radius 1 is 1.32 bits per heavy atom. The molecular weight excluding hydrogens is 258 g/mol. The van der Waals surface area contributed by atoms with Crippen LogP contribution in [0.15, 0.2) is 40.6 Å². The van der Waals surface area contributed by atoms with E-state index in [2.05, 4.69) is 50.1 Å². The molecule has 6 heteroatoms. The number of aromatic nitrogens is 3. The molecule has 0 spiro atoms. The molecule has 100 valence electrons. The Bertz CT molecular complexity index is 490. The third-order valence-corrected chi connectivity index (χ3v) is 4.07. The van der Waals surface area contributed by atoms with E-state index in [0.29, 0.717) is 6.04 Å². The first kappa shape index (κ1) is 12.5. The van der Waals surface area contributed by atoms with Crippen LogP contribution in [0.4, 0.5) is 5.69 Å². The molecule has 1 aliphatic rings. The fourth-order valence-electron chi connectivity index (χ4n) is 2.17. The highest BCUT2D eigenvalue weighted by molar-refractivity contribution is 7.99. The van der Waals surface area contributed by atoms with Gasteiger partial charge in [0.2, 0.25) is 0 Å². The van der Waals surface area contributed by atoms with Gasteiger partial charge in [-0.15, -0.1) is 0 Å². The predicted octanol–water partition coefficient (Wildman–Crippen LogP) is 2.12. The van der Waals surface area contributed by atoms with Gasteiger partial charge in [-0.3, -0.25) is 5.10 Å². The first-order chi connectivity index (χ1) is 9.40. The summed E-state index contributed by atoms with van der Waals surface area (Å²) in [6.45, 7) is 2.15. The second kappa shape index (κ2) is 6.08. The molecule has 2 aromatic rings. The van der Waals surface area contributed by atoms with Gasteiger partial charge in [0.1, 0.15) is 6.33 Å². The largest absolute Gasteiger partial charge is 0.383 e. The van der Waals surface area contributed by atoms with Crippen LogP contribution in [0.5, 0.6) is 0 Å². The number of hydrogen-bond acceptors (Lipinski definition) is 5. The van der Waals surface area contributed by atoms with E-state index in [1.165, 1.54) is 19.2 Å². The molecule has 1 aromatic carbocycles. The highest BCUT2D eigenvalue weighted by Gasteiger charge is 2.12. The van der Waals surface area contributed by atoms with E-state index in [1.807, 2.05) is 0 Å². The number of anilines is 1. The van der Waals surface area contributed by atoms with E-state index in [1.54, 1.807) is 11.8 Å². The fourth-order valence-corrected chi connectivity index (χ4v) is 2.86. The van der Waals surface area contributed by atoms with Crippen molar-refractivity contribution >= 4 is 17.4 Å². The summed E-state index contributed by atoms with van der Waals surface area (Å²) < 4.78 is 0. The van der Waals surface area contributed by atoms with Gasteiger partial charge in [-0.1, -0.05) is 11.8 Å². The molecule has 3 rings (SSSR count). The molecular formula is C13H17N5S. The van der Waals surface area contributed by atoms with Crippen LogP contribution in [0.1, 0.15) is 12.8 Å². The molecule has 1 aliphatic heterocycles. The molecule has 1 unspecified atom stereocenters. The minimum absolute atomic E-state index is 0.614. The van der Waals surface area contributed by atoms with Crippen molar-refractivity contribution < 1.29 is 0 Å². The summed E-state index contributed by atoms with van der Waals surface area (Å²) in [7, 11) is 0. The third-order valence-electron chi connectivity index (χ3n) is 3.18. The van der Waals surface area contributed by atoms with Gasteiger partial charge in [0.05, 0.1) is 0 Å². The van der Waals surface area contributed by atoms with Crippen molar-refractivity contribution in [3.8, 4) is 0 Å². The molecule has 0 bridgehead atoms. The number of aromatic amines is 1. The van der Waals surface area contributed by atoms with Crippen LogP contribution in [-0.2, 0) is 0 Å². The van der Waals surface area contributed by atoms with Crippen LogP contribution < -0.4 is 10.6 Å². The van der Waals surface area contributed by atoms with Crippen LogP contribution in [-0.4, -0.2) is 34.3 Å². The smallest absolute Gasteiger partial charge is 0.188 e. The molecule has 19 heavy (non-hydrogen) atoms. The highest BCUT2D eigenvalue weighted by Crippen LogP contribution is 2.25. The lowest BCUT2D eigenvalue weighted by Crippen LogP contribution is -2.29. The number of nitrogens with zero attached hydrogens (tertiary/aromatic N) is 2. The summed E-state index contributed by atoms with van der Waals surface area (Å²) in [4.78, 5) is 5.25. The topological polar surface area (TPSA) is 65.6 Å². The van der Waals surface area contributed by atoms with E-state index in [-0.39, 0.29) is 0 Å². The Morgan fingerprint density at radius 2 is 2.21 bits per heavy atom. The summed E-state index contributed by atoms with van der Waals surface area (Å²) >= 11 is 1.58. The Labute approximate surface area is 116 Å². The molecule has 1 fully saturated rings.